The first-order chi connectivity index (χ1) is 13.5. The fourth-order valence-corrected chi connectivity index (χ4v) is 7.55. The maximum absolute atomic E-state index is 13.0. The molecule has 0 aromatic heterocycles. The molecule has 6 rings (SSSR count). The van der Waals surface area contributed by atoms with Gasteiger partial charge in [-0.05, 0) is 61.2 Å². The first-order valence-electron chi connectivity index (χ1n) is 11.3. The van der Waals surface area contributed by atoms with Gasteiger partial charge in [-0.1, -0.05) is 0 Å². The lowest BCUT2D eigenvalue weighted by molar-refractivity contribution is -0.158. The number of nitrogens with zero attached hydrogens (tertiary/aromatic N) is 2. The first kappa shape index (κ1) is 18.9. The van der Waals surface area contributed by atoms with E-state index in [2.05, 4.69) is 0 Å². The van der Waals surface area contributed by atoms with Crippen molar-refractivity contribution in [3.63, 3.8) is 0 Å². The second-order valence-electron chi connectivity index (χ2n) is 10.3. The molecule has 0 unspecified atom stereocenters. The zero-order chi connectivity index (χ0) is 19.2. The molecule has 0 spiro atoms. The van der Waals surface area contributed by atoms with Crippen molar-refractivity contribution in [1.82, 2.24) is 9.80 Å². The lowest BCUT2D eigenvalue weighted by Gasteiger charge is -2.62. The van der Waals surface area contributed by atoms with Gasteiger partial charge in [-0.3, -0.25) is 9.59 Å². The molecule has 6 heteroatoms. The van der Waals surface area contributed by atoms with E-state index in [9.17, 15) is 9.59 Å². The second kappa shape index (κ2) is 7.28. The van der Waals surface area contributed by atoms with Crippen molar-refractivity contribution in [2.45, 2.75) is 51.4 Å². The van der Waals surface area contributed by atoms with Crippen molar-refractivity contribution in [1.29, 1.82) is 0 Å². The number of carbonyl (C=O) groups excluding carboxylic acids is 2. The van der Waals surface area contributed by atoms with E-state index in [-0.39, 0.29) is 10.8 Å². The van der Waals surface area contributed by atoms with Gasteiger partial charge in [0.2, 0.25) is 11.8 Å². The zero-order valence-corrected chi connectivity index (χ0v) is 17.0. The van der Waals surface area contributed by atoms with Gasteiger partial charge in [-0.2, -0.15) is 0 Å². The highest BCUT2D eigenvalue weighted by Gasteiger charge is 2.58. The molecule has 2 amide bonds. The highest BCUT2D eigenvalue weighted by molar-refractivity contribution is 5.78. The lowest BCUT2D eigenvalue weighted by Crippen LogP contribution is -2.55. The first-order valence-corrected chi connectivity index (χ1v) is 11.3. The largest absolute Gasteiger partial charge is 0.378 e. The minimum atomic E-state index is 0.144. The van der Waals surface area contributed by atoms with E-state index < -0.39 is 0 Å². The Balaban J connectivity index is 1.29. The van der Waals surface area contributed by atoms with Crippen LogP contribution in [-0.2, 0) is 19.1 Å². The van der Waals surface area contributed by atoms with E-state index in [1.165, 1.54) is 32.1 Å². The van der Waals surface area contributed by atoms with Crippen molar-refractivity contribution in [3.05, 3.63) is 0 Å². The van der Waals surface area contributed by atoms with Crippen LogP contribution in [0.2, 0.25) is 0 Å². The van der Waals surface area contributed by atoms with Gasteiger partial charge >= 0.3 is 0 Å². The molecular weight excluding hydrogens is 356 g/mol. The standard InChI is InChI=1S/C22H34N2O4/c25-19(23-1-5-27-6-2-23)14-21-10-17-9-18(11-21)13-22(12-17,16-21)15-20(26)24-3-7-28-8-4-24/h17-18H,1-16H2. The Kier molecular flexibility index (Phi) is 4.90. The third-order valence-electron chi connectivity index (χ3n) is 8.08. The molecule has 6 fully saturated rings. The third-order valence-corrected chi connectivity index (χ3v) is 8.08. The van der Waals surface area contributed by atoms with Crippen LogP contribution >= 0.6 is 0 Å². The van der Waals surface area contributed by atoms with Gasteiger partial charge in [-0.25, -0.2) is 0 Å². The normalized spacial score (nSPS) is 40.0. The molecule has 4 aliphatic carbocycles. The Morgan fingerprint density at radius 2 is 1.11 bits per heavy atom. The van der Waals surface area contributed by atoms with Gasteiger partial charge in [0, 0.05) is 39.0 Å². The van der Waals surface area contributed by atoms with Crippen LogP contribution in [0.4, 0.5) is 0 Å². The lowest BCUT2D eigenvalue weighted by atomic mass is 9.43. The summed E-state index contributed by atoms with van der Waals surface area (Å²) in [4.78, 5) is 30.1. The summed E-state index contributed by atoms with van der Waals surface area (Å²) >= 11 is 0. The summed E-state index contributed by atoms with van der Waals surface area (Å²) in [7, 11) is 0. The third kappa shape index (κ3) is 3.58. The van der Waals surface area contributed by atoms with Crippen LogP contribution in [0.15, 0.2) is 0 Å². The fourth-order valence-electron chi connectivity index (χ4n) is 7.55. The van der Waals surface area contributed by atoms with Gasteiger partial charge in [0.15, 0.2) is 0 Å². The van der Waals surface area contributed by atoms with Crippen molar-refractivity contribution in [2.75, 3.05) is 52.6 Å². The number of morpholine rings is 2. The molecule has 2 saturated heterocycles. The van der Waals surface area contributed by atoms with Gasteiger partial charge in [-0.15, -0.1) is 0 Å². The maximum Gasteiger partial charge on any atom is 0.223 e. The maximum atomic E-state index is 13.0. The van der Waals surface area contributed by atoms with Crippen molar-refractivity contribution in [2.24, 2.45) is 22.7 Å². The van der Waals surface area contributed by atoms with Gasteiger partial charge in [0.1, 0.15) is 0 Å². The zero-order valence-electron chi connectivity index (χ0n) is 17.0. The van der Waals surface area contributed by atoms with Gasteiger partial charge < -0.3 is 19.3 Å². The molecular formula is C22H34N2O4. The Morgan fingerprint density at radius 3 is 1.50 bits per heavy atom. The molecule has 0 N–H and O–H groups in total. The number of rotatable bonds is 4. The van der Waals surface area contributed by atoms with Crippen LogP contribution < -0.4 is 0 Å². The number of amides is 2. The van der Waals surface area contributed by atoms with E-state index in [0.717, 1.165) is 44.4 Å². The van der Waals surface area contributed by atoms with Gasteiger partial charge in [0.25, 0.3) is 0 Å². The molecule has 6 aliphatic rings. The summed E-state index contributed by atoms with van der Waals surface area (Å²) in [5.74, 6) is 2.08. The van der Waals surface area contributed by atoms with Crippen LogP contribution in [0.3, 0.4) is 0 Å². The second-order valence-corrected chi connectivity index (χ2v) is 10.3. The number of hydrogen-bond donors (Lipinski definition) is 0. The molecule has 4 bridgehead atoms. The Hall–Kier alpha value is -1.14. The van der Waals surface area contributed by atoms with Crippen molar-refractivity contribution < 1.29 is 19.1 Å². The van der Waals surface area contributed by atoms with E-state index >= 15 is 0 Å². The molecule has 156 valence electrons. The molecule has 0 aromatic carbocycles. The summed E-state index contributed by atoms with van der Waals surface area (Å²) in [6.45, 7) is 5.63. The molecule has 6 nitrogen and oxygen atoms in total. The predicted molar refractivity (Wildman–Crippen MR) is 104 cm³/mol. The van der Waals surface area contributed by atoms with Gasteiger partial charge in [0.05, 0.1) is 26.4 Å². The van der Waals surface area contributed by atoms with Crippen LogP contribution in [0.5, 0.6) is 0 Å². The minimum absolute atomic E-state index is 0.144. The highest BCUT2D eigenvalue weighted by atomic mass is 16.5. The molecule has 2 heterocycles. The monoisotopic (exact) mass is 390 g/mol. The molecule has 2 aliphatic heterocycles. The highest BCUT2D eigenvalue weighted by Crippen LogP contribution is 2.67. The SMILES string of the molecule is O=C(CC12CC3CC(C1)CC(CC(=O)N1CCOCC1)(C3)C2)N1CCOCC1. The molecule has 0 aromatic rings. The Bertz CT molecular complexity index is 560. The van der Waals surface area contributed by atoms with Crippen molar-refractivity contribution >= 4 is 11.8 Å². The summed E-state index contributed by atoms with van der Waals surface area (Å²) in [5.41, 5.74) is 0.287. The number of carbonyl (C=O) groups is 2. The van der Waals surface area contributed by atoms with E-state index in [0.29, 0.717) is 51.1 Å². The van der Waals surface area contributed by atoms with E-state index in [1.54, 1.807) is 0 Å². The number of ether oxygens (including phenoxy) is 2. The van der Waals surface area contributed by atoms with Crippen molar-refractivity contribution in [3.8, 4) is 0 Å². The minimum Gasteiger partial charge on any atom is -0.378 e. The average molecular weight is 391 g/mol. The summed E-state index contributed by atoms with van der Waals surface area (Å²) in [5, 5.41) is 0. The predicted octanol–water partition coefficient (Wildman–Crippen LogP) is 2.07. The quantitative estimate of drug-likeness (QED) is 0.737. The molecule has 4 saturated carbocycles. The van der Waals surface area contributed by atoms with Crippen LogP contribution in [0.1, 0.15) is 51.4 Å². The summed E-state index contributed by atoms with van der Waals surface area (Å²) in [6.07, 6.45) is 8.58. The smallest absolute Gasteiger partial charge is 0.223 e. The Morgan fingerprint density at radius 1 is 0.714 bits per heavy atom. The van der Waals surface area contributed by atoms with E-state index in [1.807, 2.05) is 9.80 Å². The molecule has 28 heavy (non-hydrogen) atoms. The van der Waals surface area contributed by atoms with Crippen LogP contribution in [0, 0.1) is 22.7 Å². The summed E-state index contributed by atoms with van der Waals surface area (Å²) in [6, 6.07) is 0. The summed E-state index contributed by atoms with van der Waals surface area (Å²) < 4.78 is 10.8. The Labute approximate surface area is 167 Å². The van der Waals surface area contributed by atoms with Crippen LogP contribution in [0.25, 0.3) is 0 Å². The average Bonchev–Trinajstić information content (AvgIpc) is 2.67. The molecule has 0 atom stereocenters. The topological polar surface area (TPSA) is 59.1 Å². The van der Waals surface area contributed by atoms with E-state index in [4.69, 9.17) is 9.47 Å². The molecule has 0 radical (unpaired) electrons. The van der Waals surface area contributed by atoms with Crippen LogP contribution in [-0.4, -0.2) is 74.2 Å². The fraction of sp³-hybridized carbons (Fsp3) is 0.909. The number of hydrogen-bond acceptors (Lipinski definition) is 4.